The molecule has 0 saturated heterocycles. The van der Waals surface area contributed by atoms with E-state index >= 15 is 0 Å². The van der Waals surface area contributed by atoms with Crippen LogP contribution in [-0.2, 0) is 0 Å². The fraction of sp³-hybridized carbons (Fsp3) is 0.462. The smallest absolute Gasteiger partial charge is 0.119 e. The van der Waals surface area contributed by atoms with Gasteiger partial charge in [0.25, 0.3) is 0 Å². The van der Waals surface area contributed by atoms with Gasteiger partial charge in [0, 0.05) is 6.42 Å². The lowest BCUT2D eigenvalue weighted by atomic mass is 10.2. The summed E-state index contributed by atoms with van der Waals surface area (Å²) in [4.78, 5) is 0. The Morgan fingerprint density at radius 1 is 1.38 bits per heavy atom. The second-order valence-electron chi connectivity index (χ2n) is 3.59. The lowest BCUT2D eigenvalue weighted by molar-refractivity contribution is 0.298. The maximum absolute atomic E-state index is 8.88. The number of ether oxygens (including phenoxy) is 1. The quantitative estimate of drug-likeness (QED) is 0.764. The third kappa shape index (κ3) is 4.81. The number of nitriles is 1. The van der Waals surface area contributed by atoms with E-state index in [4.69, 9.17) is 10.00 Å². The Hall–Kier alpha value is -1.53. The third-order valence-electron chi connectivity index (χ3n) is 2.22. The van der Waals surface area contributed by atoms with Gasteiger partial charge in [0.15, 0.2) is 0 Å². The van der Waals surface area contributed by atoms with E-state index in [2.05, 4.69) is 18.3 Å². The molecular weight excluding hydrogens is 200 g/mol. The van der Waals surface area contributed by atoms with Crippen LogP contribution in [0.1, 0.15) is 19.8 Å². The summed E-state index contributed by atoms with van der Waals surface area (Å²) in [5.41, 5.74) is 0. The van der Waals surface area contributed by atoms with Gasteiger partial charge in [-0.25, -0.2) is 0 Å². The van der Waals surface area contributed by atoms with Crippen molar-refractivity contribution in [2.75, 3.05) is 13.2 Å². The molecule has 16 heavy (non-hydrogen) atoms. The van der Waals surface area contributed by atoms with E-state index in [0.29, 0.717) is 13.0 Å². The van der Waals surface area contributed by atoms with E-state index in [9.17, 15) is 0 Å². The largest absolute Gasteiger partial charge is 0.493 e. The summed E-state index contributed by atoms with van der Waals surface area (Å²) in [6, 6.07) is 11.8. The van der Waals surface area contributed by atoms with Crippen LogP contribution in [-0.4, -0.2) is 19.2 Å². The molecule has 0 heterocycles. The van der Waals surface area contributed by atoms with Gasteiger partial charge in [-0.2, -0.15) is 5.26 Å². The van der Waals surface area contributed by atoms with Crippen LogP contribution in [0.3, 0.4) is 0 Å². The second kappa shape index (κ2) is 7.72. The van der Waals surface area contributed by atoms with Gasteiger partial charge < -0.3 is 10.1 Å². The molecule has 0 saturated carbocycles. The molecule has 0 fully saturated rings. The van der Waals surface area contributed by atoms with Gasteiger partial charge in [-0.05, 0) is 25.1 Å². The molecule has 1 atom stereocenters. The predicted molar refractivity (Wildman–Crippen MR) is 64.2 cm³/mol. The number of benzene rings is 1. The first-order valence-corrected chi connectivity index (χ1v) is 5.67. The minimum atomic E-state index is -0.108. The molecular formula is C13H18N2O. The molecule has 0 bridgehead atoms. The summed E-state index contributed by atoms with van der Waals surface area (Å²) < 4.78 is 5.53. The van der Waals surface area contributed by atoms with Gasteiger partial charge >= 0.3 is 0 Å². The molecule has 0 aliphatic carbocycles. The minimum Gasteiger partial charge on any atom is -0.493 e. The van der Waals surface area contributed by atoms with Crippen molar-refractivity contribution >= 4 is 0 Å². The Balaban J connectivity index is 2.21. The zero-order valence-electron chi connectivity index (χ0n) is 9.65. The zero-order chi connectivity index (χ0) is 11.6. The third-order valence-corrected chi connectivity index (χ3v) is 2.22. The average molecular weight is 218 g/mol. The van der Waals surface area contributed by atoms with Gasteiger partial charge in [0.1, 0.15) is 5.75 Å². The fourth-order valence-electron chi connectivity index (χ4n) is 1.34. The number of nitrogens with zero attached hydrogens (tertiary/aromatic N) is 1. The van der Waals surface area contributed by atoms with Crippen LogP contribution in [0, 0.1) is 11.3 Å². The second-order valence-corrected chi connectivity index (χ2v) is 3.59. The molecule has 3 heteroatoms. The number of nitrogens with one attached hydrogen (secondary N) is 1. The normalized spacial score (nSPS) is 11.8. The highest BCUT2D eigenvalue weighted by molar-refractivity contribution is 5.20. The van der Waals surface area contributed by atoms with E-state index in [1.54, 1.807) is 0 Å². The van der Waals surface area contributed by atoms with Crippen LogP contribution < -0.4 is 10.1 Å². The van der Waals surface area contributed by atoms with Crippen LogP contribution in [0.4, 0.5) is 0 Å². The molecule has 0 amide bonds. The maximum Gasteiger partial charge on any atom is 0.119 e. The van der Waals surface area contributed by atoms with Gasteiger partial charge in [0.05, 0.1) is 18.7 Å². The summed E-state index contributed by atoms with van der Waals surface area (Å²) in [6.45, 7) is 3.53. The highest BCUT2D eigenvalue weighted by Crippen LogP contribution is 2.08. The van der Waals surface area contributed by atoms with Gasteiger partial charge in [-0.3, -0.25) is 0 Å². The van der Waals surface area contributed by atoms with Crippen molar-refractivity contribution in [2.24, 2.45) is 0 Å². The van der Waals surface area contributed by atoms with Crippen molar-refractivity contribution in [3.8, 4) is 11.8 Å². The number of para-hydroxylation sites is 1. The van der Waals surface area contributed by atoms with Crippen molar-refractivity contribution in [1.29, 1.82) is 5.26 Å². The zero-order valence-corrected chi connectivity index (χ0v) is 9.65. The highest BCUT2D eigenvalue weighted by atomic mass is 16.5. The standard InChI is InChI=1S/C13H18N2O/c1-2-9-15-12(11-14)8-10-16-13-6-4-3-5-7-13/h3-7,12,15H,2,8-10H2,1H3. The first kappa shape index (κ1) is 12.5. The predicted octanol–water partition coefficient (Wildman–Crippen LogP) is 2.35. The van der Waals surface area contributed by atoms with Crippen LogP contribution in [0.25, 0.3) is 0 Å². The van der Waals surface area contributed by atoms with E-state index in [1.165, 1.54) is 0 Å². The first-order valence-electron chi connectivity index (χ1n) is 5.67. The minimum absolute atomic E-state index is 0.108. The molecule has 86 valence electrons. The van der Waals surface area contributed by atoms with E-state index in [0.717, 1.165) is 18.7 Å². The Bertz CT molecular complexity index is 318. The van der Waals surface area contributed by atoms with Gasteiger partial charge in [-0.15, -0.1) is 0 Å². The topological polar surface area (TPSA) is 45.0 Å². The van der Waals surface area contributed by atoms with Crippen molar-refractivity contribution in [3.63, 3.8) is 0 Å². The van der Waals surface area contributed by atoms with E-state index < -0.39 is 0 Å². The fourth-order valence-corrected chi connectivity index (χ4v) is 1.34. The molecule has 1 aromatic rings. The number of rotatable bonds is 7. The summed E-state index contributed by atoms with van der Waals surface area (Å²) in [5, 5.41) is 12.0. The Morgan fingerprint density at radius 2 is 2.12 bits per heavy atom. The van der Waals surface area contributed by atoms with Crippen LogP contribution in [0.2, 0.25) is 0 Å². The van der Waals surface area contributed by atoms with E-state index in [-0.39, 0.29) is 6.04 Å². The van der Waals surface area contributed by atoms with Crippen LogP contribution in [0.15, 0.2) is 30.3 Å². The van der Waals surface area contributed by atoms with Crippen molar-refractivity contribution < 1.29 is 4.74 Å². The summed E-state index contributed by atoms with van der Waals surface area (Å²) in [5.74, 6) is 0.856. The Labute approximate surface area is 97.0 Å². The molecule has 0 aliphatic heterocycles. The van der Waals surface area contributed by atoms with Crippen molar-refractivity contribution in [1.82, 2.24) is 5.32 Å². The van der Waals surface area contributed by atoms with E-state index in [1.807, 2.05) is 30.3 Å². The lowest BCUT2D eigenvalue weighted by Crippen LogP contribution is -2.29. The molecule has 1 N–H and O–H groups in total. The summed E-state index contributed by atoms with van der Waals surface area (Å²) in [6.07, 6.45) is 1.75. The molecule has 0 aliphatic rings. The summed E-state index contributed by atoms with van der Waals surface area (Å²) in [7, 11) is 0. The average Bonchev–Trinajstić information content (AvgIpc) is 2.35. The maximum atomic E-state index is 8.88. The number of hydrogen-bond acceptors (Lipinski definition) is 3. The monoisotopic (exact) mass is 218 g/mol. The Morgan fingerprint density at radius 3 is 2.75 bits per heavy atom. The Kier molecular flexibility index (Phi) is 6.05. The molecule has 0 spiro atoms. The highest BCUT2D eigenvalue weighted by Gasteiger charge is 2.05. The summed E-state index contributed by atoms with van der Waals surface area (Å²) >= 11 is 0. The number of hydrogen-bond donors (Lipinski definition) is 1. The molecule has 1 aromatic carbocycles. The molecule has 3 nitrogen and oxygen atoms in total. The molecule has 1 unspecified atom stereocenters. The van der Waals surface area contributed by atoms with Gasteiger partial charge in [0.2, 0.25) is 0 Å². The van der Waals surface area contributed by atoms with Crippen LogP contribution >= 0.6 is 0 Å². The lowest BCUT2D eigenvalue weighted by Gasteiger charge is -2.11. The molecule has 0 aromatic heterocycles. The van der Waals surface area contributed by atoms with Gasteiger partial charge in [-0.1, -0.05) is 25.1 Å². The molecule has 1 rings (SSSR count). The SMILES string of the molecule is CCCNC(C#N)CCOc1ccccc1. The first-order chi connectivity index (χ1) is 7.86. The van der Waals surface area contributed by atoms with Crippen molar-refractivity contribution in [3.05, 3.63) is 30.3 Å². The van der Waals surface area contributed by atoms with Crippen LogP contribution in [0.5, 0.6) is 5.75 Å². The van der Waals surface area contributed by atoms with Crippen molar-refractivity contribution in [2.45, 2.75) is 25.8 Å². The molecule has 0 radical (unpaired) electrons.